The predicted octanol–water partition coefficient (Wildman–Crippen LogP) is 4.11. The molecule has 11 nitrogen and oxygen atoms in total. The maximum absolute atomic E-state index is 13.7. The van der Waals surface area contributed by atoms with Crippen LogP contribution in [0.1, 0.15) is 50.4 Å². The number of nitrogens with two attached hydrogens (primary N) is 2. The molecule has 0 saturated carbocycles. The van der Waals surface area contributed by atoms with Crippen molar-refractivity contribution in [3.63, 3.8) is 0 Å². The quantitative estimate of drug-likeness (QED) is 0.0742. The molecule has 2 heterocycles. The number of nitrogens with zero attached hydrogens (tertiary/aromatic N) is 4. The van der Waals surface area contributed by atoms with Gasteiger partial charge in [0.15, 0.2) is 0 Å². The zero-order chi connectivity index (χ0) is 31.5. The molecule has 3 rings (SSSR count). The molecule has 0 spiro atoms. The van der Waals surface area contributed by atoms with Gasteiger partial charge in [0.05, 0.1) is 46.5 Å². The Morgan fingerprint density at radius 3 is 2.60 bits per heavy atom. The van der Waals surface area contributed by atoms with Gasteiger partial charge in [0.25, 0.3) is 5.56 Å². The van der Waals surface area contributed by atoms with Crippen LogP contribution >= 0.6 is 11.6 Å². The van der Waals surface area contributed by atoms with Crippen LogP contribution in [0.4, 0.5) is 10.1 Å². The SMILES string of the molecule is CN/C(=C(\C=N)NC=O)c1ccnc(C(CCCC(C)C)n2cnc(-c3cc(Cl)ccc3N(N)/C=C(\N)CF)cc2=O)c1. The molecule has 43 heavy (non-hydrogen) atoms. The number of halogens is 2. The first-order chi connectivity index (χ1) is 20.6. The van der Waals surface area contributed by atoms with E-state index in [1.807, 2.05) is 6.07 Å². The monoisotopic (exact) mass is 609 g/mol. The van der Waals surface area contributed by atoms with Gasteiger partial charge in [-0.15, -0.1) is 0 Å². The van der Waals surface area contributed by atoms with Gasteiger partial charge in [0, 0.05) is 47.9 Å². The van der Waals surface area contributed by atoms with Gasteiger partial charge in [0.2, 0.25) is 6.41 Å². The second-order valence-corrected chi connectivity index (χ2v) is 10.6. The minimum absolute atomic E-state index is 0.0725. The van der Waals surface area contributed by atoms with Crippen molar-refractivity contribution < 1.29 is 9.18 Å². The van der Waals surface area contributed by atoms with Crippen molar-refractivity contribution in [1.82, 2.24) is 25.2 Å². The fraction of sp³-hybridized carbons (Fsp3) is 0.300. The highest BCUT2D eigenvalue weighted by atomic mass is 35.5. The van der Waals surface area contributed by atoms with E-state index in [4.69, 9.17) is 28.6 Å². The van der Waals surface area contributed by atoms with Crippen LogP contribution in [0.25, 0.3) is 17.0 Å². The molecular formula is C30H37ClFN9O2. The van der Waals surface area contributed by atoms with E-state index < -0.39 is 12.7 Å². The van der Waals surface area contributed by atoms with Crippen molar-refractivity contribution in [2.75, 3.05) is 18.7 Å². The maximum atomic E-state index is 13.7. The highest BCUT2D eigenvalue weighted by Crippen LogP contribution is 2.32. The second-order valence-electron chi connectivity index (χ2n) is 10.2. The number of carbonyl (C=O) groups excluding carboxylic acids is 1. The van der Waals surface area contributed by atoms with E-state index in [9.17, 15) is 14.0 Å². The number of aromatic nitrogens is 3. The molecule has 7 N–H and O–H groups in total. The maximum Gasteiger partial charge on any atom is 0.254 e. The van der Waals surface area contributed by atoms with Gasteiger partial charge >= 0.3 is 0 Å². The topological polar surface area (TPSA) is 168 Å². The minimum Gasteiger partial charge on any atom is -0.399 e. The van der Waals surface area contributed by atoms with Crippen LogP contribution in [0, 0.1) is 11.3 Å². The molecule has 0 aliphatic carbocycles. The van der Waals surface area contributed by atoms with Gasteiger partial charge in [-0.25, -0.2) is 15.2 Å². The van der Waals surface area contributed by atoms with Gasteiger partial charge in [-0.1, -0.05) is 38.3 Å². The first-order valence-corrected chi connectivity index (χ1v) is 14.0. The van der Waals surface area contributed by atoms with Crippen LogP contribution < -0.4 is 32.8 Å². The molecule has 13 heteroatoms. The average molecular weight is 610 g/mol. The Morgan fingerprint density at radius 1 is 1.21 bits per heavy atom. The summed E-state index contributed by atoms with van der Waals surface area (Å²) in [5.41, 5.74) is 8.53. The standard InChI is InChI=1S/C30H37ClFN9O2/c1-19(2)5-4-6-28(25-11-20(9-10-37-25)30(36-3)26(15-33)39-18-42)40-17-38-24(13-29(40)43)23-12-21(31)7-8-27(23)41(35)16-22(34)14-32/h7-13,15-19,28,33,36H,4-6,14,34-35H2,1-3H3,(H,39,42)/b22-16-,30-26+,33-15?. The van der Waals surface area contributed by atoms with Gasteiger partial charge < -0.3 is 21.8 Å². The summed E-state index contributed by atoms with van der Waals surface area (Å²) in [6, 6.07) is 9.39. The molecule has 0 aliphatic heterocycles. The lowest BCUT2D eigenvalue weighted by atomic mass is 9.99. The smallest absolute Gasteiger partial charge is 0.254 e. The largest absolute Gasteiger partial charge is 0.399 e. The summed E-state index contributed by atoms with van der Waals surface area (Å²) in [4.78, 5) is 33.9. The molecule has 1 atom stereocenters. The van der Waals surface area contributed by atoms with Gasteiger partial charge in [-0.3, -0.25) is 24.1 Å². The predicted molar refractivity (Wildman–Crippen MR) is 169 cm³/mol. The summed E-state index contributed by atoms with van der Waals surface area (Å²) >= 11 is 6.27. The number of hydrogen-bond donors (Lipinski definition) is 5. The second kappa shape index (κ2) is 15.6. The number of allylic oxidation sites excluding steroid dienone is 2. The van der Waals surface area contributed by atoms with Crippen LogP contribution in [0.15, 0.2) is 71.3 Å². The lowest BCUT2D eigenvalue weighted by Crippen LogP contribution is -2.28. The van der Waals surface area contributed by atoms with Gasteiger partial charge in [-0.05, 0) is 42.7 Å². The van der Waals surface area contributed by atoms with Crippen molar-refractivity contribution in [3.05, 3.63) is 93.2 Å². The van der Waals surface area contributed by atoms with Gasteiger partial charge in [-0.2, -0.15) is 0 Å². The number of alkyl halides is 1. The molecular weight excluding hydrogens is 573 g/mol. The summed E-state index contributed by atoms with van der Waals surface area (Å²) in [5, 5.41) is 14.8. The van der Waals surface area contributed by atoms with Crippen LogP contribution in [0.3, 0.4) is 0 Å². The number of carbonyl (C=O) groups is 1. The third kappa shape index (κ3) is 8.49. The van der Waals surface area contributed by atoms with Crippen molar-refractivity contribution in [2.24, 2.45) is 17.5 Å². The van der Waals surface area contributed by atoms with Crippen molar-refractivity contribution in [2.45, 2.75) is 39.2 Å². The molecule has 0 aliphatic rings. The summed E-state index contributed by atoms with van der Waals surface area (Å²) in [5.74, 6) is 6.61. The normalized spacial score (nSPS) is 12.9. The Hall–Kier alpha value is -4.55. The fourth-order valence-electron chi connectivity index (χ4n) is 4.63. The van der Waals surface area contributed by atoms with E-state index in [1.54, 1.807) is 37.5 Å². The number of amides is 1. The Balaban J connectivity index is 2.12. The van der Waals surface area contributed by atoms with E-state index >= 15 is 0 Å². The van der Waals surface area contributed by atoms with Crippen molar-refractivity contribution in [1.29, 1.82) is 5.41 Å². The highest BCUT2D eigenvalue weighted by Gasteiger charge is 2.20. The average Bonchev–Trinajstić information content (AvgIpc) is 2.99. The Labute approximate surface area is 254 Å². The van der Waals surface area contributed by atoms with E-state index in [-0.39, 0.29) is 17.0 Å². The highest BCUT2D eigenvalue weighted by molar-refractivity contribution is 6.31. The van der Waals surface area contributed by atoms with Gasteiger partial charge in [0.1, 0.15) is 6.67 Å². The molecule has 1 amide bonds. The number of anilines is 1. The van der Waals surface area contributed by atoms with E-state index in [2.05, 4.69) is 34.4 Å². The molecule has 2 aromatic heterocycles. The van der Waals surface area contributed by atoms with E-state index in [0.29, 0.717) is 57.7 Å². The summed E-state index contributed by atoms with van der Waals surface area (Å²) in [6.45, 7) is 3.40. The first kappa shape index (κ1) is 33.0. The third-order valence-corrected chi connectivity index (χ3v) is 6.93. The number of pyridine rings is 1. The number of nitrogens with one attached hydrogen (secondary N) is 3. The zero-order valence-electron chi connectivity index (χ0n) is 24.3. The van der Waals surface area contributed by atoms with Crippen LogP contribution in [0.2, 0.25) is 5.02 Å². The lowest BCUT2D eigenvalue weighted by molar-refractivity contribution is -0.108. The number of rotatable bonds is 15. The number of hydrogen-bond acceptors (Lipinski definition) is 9. The molecule has 0 fully saturated rings. The Morgan fingerprint density at radius 2 is 1.98 bits per heavy atom. The minimum atomic E-state index is -0.875. The van der Waals surface area contributed by atoms with E-state index in [0.717, 1.165) is 24.1 Å². The van der Waals surface area contributed by atoms with Crippen LogP contribution in [0.5, 0.6) is 0 Å². The van der Waals surface area contributed by atoms with Crippen LogP contribution in [-0.4, -0.2) is 40.9 Å². The van der Waals surface area contributed by atoms with Crippen LogP contribution in [-0.2, 0) is 4.79 Å². The molecule has 1 aromatic carbocycles. The van der Waals surface area contributed by atoms with Crippen molar-refractivity contribution >= 4 is 35.6 Å². The Bertz CT molecular complexity index is 1550. The third-order valence-electron chi connectivity index (χ3n) is 6.69. The summed E-state index contributed by atoms with van der Waals surface area (Å²) in [6.07, 6.45) is 8.28. The molecule has 228 valence electrons. The first-order valence-electron chi connectivity index (χ1n) is 13.7. The zero-order valence-corrected chi connectivity index (χ0v) is 25.1. The Kier molecular flexibility index (Phi) is 12.0. The summed E-state index contributed by atoms with van der Waals surface area (Å²) < 4.78 is 14.5. The molecule has 1 unspecified atom stereocenters. The lowest BCUT2D eigenvalue weighted by Gasteiger charge is -2.22. The summed E-state index contributed by atoms with van der Waals surface area (Å²) in [7, 11) is 1.69. The number of hydrazine groups is 1. The molecule has 0 radical (unpaired) electrons. The van der Waals surface area contributed by atoms with Crippen molar-refractivity contribution in [3.8, 4) is 11.3 Å². The van der Waals surface area contributed by atoms with E-state index in [1.165, 1.54) is 23.2 Å². The number of benzene rings is 1. The molecule has 0 bridgehead atoms. The molecule has 0 saturated heterocycles. The molecule has 3 aromatic rings. The fourth-order valence-corrected chi connectivity index (χ4v) is 4.80.